The number of benzene rings is 1. The molecule has 146 valence electrons. The number of ether oxygens (including phenoxy) is 2. The number of aryl methyl sites for hydroxylation is 1. The van der Waals surface area contributed by atoms with Crippen molar-refractivity contribution in [3.63, 3.8) is 0 Å². The van der Waals surface area contributed by atoms with Gasteiger partial charge in [0.25, 0.3) is 0 Å². The third-order valence-electron chi connectivity index (χ3n) is 4.87. The first-order chi connectivity index (χ1) is 13.8. The van der Waals surface area contributed by atoms with Crippen molar-refractivity contribution in [2.24, 2.45) is 0 Å². The summed E-state index contributed by atoms with van der Waals surface area (Å²) in [6, 6.07) is 8.03. The Kier molecular flexibility index (Phi) is 5.48. The van der Waals surface area contributed by atoms with Crippen LogP contribution in [0, 0.1) is 0 Å². The second kappa shape index (κ2) is 8.35. The summed E-state index contributed by atoms with van der Waals surface area (Å²) >= 11 is 0. The molecule has 1 atom stereocenters. The fourth-order valence-corrected chi connectivity index (χ4v) is 3.43. The first-order valence-corrected chi connectivity index (χ1v) is 9.43. The number of fused-ring (bicyclic) bond motifs is 2. The number of nitrogens with one attached hydrogen (secondary N) is 1. The number of aromatic nitrogens is 5. The van der Waals surface area contributed by atoms with Crippen LogP contribution in [-0.2, 0) is 24.3 Å². The molecule has 8 nitrogen and oxygen atoms in total. The van der Waals surface area contributed by atoms with Gasteiger partial charge in [0.1, 0.15) is 30.8 Å². The Morgan fingerprint density at radius 3 is 3.07 bits per heavy atom. The molecule has 0 aliphatic carbocycles. The van der Waals surface area contributed by atoms with E-state index in [-0.39, 0.29) is 6.04 Å². The highest BCUT2D eigenvalue weighted by Crippen LogP contribution is 2.31. The molecular formula is C20H24N6O2. The van der Waals surface area contributed by atoms with Crippen LogP contribution in [0.1, 0.15) is 42.0 Å². The topological polar surface area (TPSA) is 87.0 Å². The maximum absolute atomic E-state index is 5.92. The smallest absolute Gasteiger partial charge is 0.155 e. The summed E-state index contributed by atoms with van der Waals surface area (Å²) < 4.78 is 13.1. The lowest BCUT2D eigenvalue weighted by molar-refractivity contribution is 0.190. The molecule has 1 aromatic carbocycles. The largest absolute Gasteiger partial charge is 0.487 e. The Hall–Kier alpha value is -3.00. The maximum Gasteiger partial charge on any atom is 0.155 e. The van der Waals surface area contributed by atoms with Gasteiger partial charge in [-0.05, 0) is 25.0 Å². The molecule has 0 spiro atoms. The molecule has 1 N–H and O–H groups in total. The van der Waals surface area contributed by atoms with Gasteiger partial charge in [-0.2, -0.15) is 0 Å². The Morgan fingerprint density at radius 2 is 2.18 bits per heavy atom. The highest BCUT2D eigenvalue weighted by atomic mass is 16.5. The van der Waals surface area contributed by atoms with Gasteiger partial charge in [-0.15, -0.1) is 10.2 Å². The van der Waals surface area contributed by atoms with Gasteiger partial charge in [0.2, 0.25) is 0 Å². The minimum absolute atomic E-state index is 0.0524. The van der Waals surface area contributed by atoms with E-state index in [1.165, 1.54) is 0 Å². The molecule has 0 radical (unpaired) electrons. The van der Waals surface area contributed by atoms with Crippen molar-refractivity contribution in [2.45, 2.75) is 39.0 Å². The van der Waals surface area contributed by atoms with Gasteiger partial charge < -0.3 is 19.4 Å². The predicted octanol–water partition coefficient (Wildman–Crippen LogP) is 2.76. The maximum atomic E-state index is 5.92. The minimum atomic E-state index is -0.0524. The van der Waals surface area contributed by atoms with E-state index in [0.717, 1.165) is 53.6 Å². The van der Waals surface area contributed by atoms with Crippen LogP contribution in [0.2, 0.25) is 0 Å². The van der Waals surface area contributed by atoms with E-state index in [2.05, 4.69) is 43.0 Å². The first-order valence-electron chi connectivity index (χ1n) is 9.43. The van der Waals surface area contributed by atoms with Crippen molar-refractivity contribution in [3.8, 4) is 5.75 Å². The fraction of sp³-hybridized carbons (Fsp3) is 0.400. The molecule has 2 aromatic heterocycles. The molecule has 0 fully saturated rings. The summed E-state index contributed by atoms with van der Waals surface area (Å²) in [5, 5.41) is 11.9. The quantitative estimate of drug-likeness (QED) is 0.631. The SMILES string of the molecule is COCCCn1cnnc1C(C)Nc1ncnc2c1Cc1ccccc1OC2. The molecule has 1 aliphatic heterocycles. The molecule has 0 bridgehead atoms. The molecule has 4 rings (SSSR count). The number of para-hydroxylation sites is 1. The lowest BCUT2D eigenvalue weighted by atomic mass is 10.0. The number of hydrogen-bond donors (Lipinski definition) is 1. The highest BCUT2D eigenvalue weighted by molar-refractivity contribution is 5.52. The normalized spacial score (nSPS) is 13.8. The Labute approximate surface area is 164 Å². The molecule has 1 aliphatic rings. The van der Waals surface area contributed by atoms with Gasteiger partial charge in [-0.3, -0.25) is 0 Å². The molecule has 8 heteroatoms. The van der Waals surface area contributed by atoms with Crippen molar-refractivity contribution in [2.75, 3.05) is 19.0 Å². The zero-order valence-corrected chi connectivity index (χ0v) is 16.1. The zero-order chi connectivity index (χ0) is 19.3. The van der Waals surface area contributed by atoms with E-state index in [0.29, 0.717) is 13.2 Å². The summed E-state index contributed by atoms with van der Waals surface area (Å²) in [5.74, 6) is 2.58. The number of methoxy groups -OCH3 is 1. The van der Waals surface area contributed by atoms with Crippen molar-refractivity contribution in [3.05, 3.63) is 59.6 Å². The molecule has 3 heterocycles. The van der Waals surface area contributed by atoms with Crippen LogP contribution in [0.25, 0.3) is 0 Å². The van der Waals surface area contributed by atoms with Crippen LogP contribution >= 0.6 is 0 Å². The molecule has 1 unspecified atom stereocenters. The average molecular weight is 380 g/mol. The lowest BCUT2D eigenvalue weighted by Crippen LogP contribution is -2.17. The molecule has 0 saturated heterocycles. The van der Waals surface area contributed by atoms with Gasteiger partial charge in [0.05, 0.1) is 11.7 Å². The summed E-state index contributed by atoms with van der Waals surface area (Å²) in [4.78, 5) is 8.94. The van der Waals surface area contributed by atoms with E-state index in [4.69, 9.17) is 9.47 Å². The van der Waals surface area contributed by atoms with E-state index >= 15 is 0 Å². The zero-order valence-electron chi connectivity index (χ0n) is 16.1. The number of anilines is 1. The van der Waals surface area contributed by atoms with Crippen molar-refractivity contribution >= 4 is 5.82 Å². The molecule has 28 heavy (non-hydrogen) atoms. The summed E-state index contributed by atoms with van der Waals surface area (Å²) in [6.07, 6.45) is 4.97. The second-order valence-corrected chi connectivity index (χ2v) is 6.82. The number of rotatable bonds is 7. The fourth-order valence-electron chi connectivity index (χ4n) is 3.43. The van der Waals surface area contributed by atoms with Gasteiger partial charge in [0, 0.05) is 32.2 Å². The highest BCUT2D eigenvalue weighted by Gasteiger charge is 2.21. The first kappa shape index (κ1) is 18.4. The van der Waals surface area contributed by atoms with Crippen LogP contribution in [0.3, 0.4) is 0 Å². The molecule has 3 aromatic rings. The van der Waals surface area contributed by atoms with Crippen LogP contribution in [0.15, 0.2) is 36.9 Å². The minimum Gasteiger partial charge on any atom is -0.487 e. The molecule has 0 amide bonds. The summed E-state index contributed by atoms with van der Waals surface area (Å²) in [7, 11) is 1.71. The Morgan fingerprint density at radius 1 is 1.29 bits per heavy atom. The van der Waals surface area contributed by atoms with E-state index in [9.17, 15) is 0 Å². The number of hydrogen-bond acceptors (Lipinski definition) is 7. The lowest BCUT2D eigenvalue weighted by Gasteiger charge is -2.18. The van der Waals surface area contributed by atoms with Gasteiger partial charge in [-0.25, -0.2) is 9.97 Å². The Balaban J connectivity index is 1.56. The third-order valence-corrected chi connectivity index (χ3v) is 4.87. The standard InChI is InChI=1S/C20H24N6O2/c1-14(20-25-23-13-26(20)8-5-9-27-2)24-19-16-10-15-6-3-4-7-18(15)28-11-17(16)21-12-22-19/h3-4,6-7,12-14H,5,8-11H2,1-2H3,(H,21,22,24). The summed E-state index contributed by atoms with van der Waals surface area (Å²) in [5.41, 5.74) is 3.10. The van der Waals surface area contributed by atoms with Crippen molar-refractivity contribution < 1.29 is 9.47 Å². The van der Waals surface area contributed by atoms with Crippen LogP contribution in [0.4, 0.5) is 5.82 Å². The van der Waals surface area contributed by atoms with Crippen molar-refractivity contribution in [1.29, 1.82) is 0 Å². The molecular weight excluding hydrogens is 356 g/mol. The van der Waals surface area contributed by atoms with E-state index in [1.807, 2.05) is 18.2 Å². The van der Waals surface area contributed by atoms with Crippen LogP contribution in [0.5, 0.6) is 5.75 Å². The number of nitrogens with zero attached hydrogens (tertiary/aromatic N) is 5. The van der Waals surface area contributed by atoms with Crippen LogP contribution in [-0.4, -0.2) is 38.4 Å². The van der Waals surface area contributed by atoms with Crippen LogP contribution < -0.4 is 10.1 Å². The predicted molar refractivity (Wildman–Crippen MR) is 104 cm³/mol. The van der Waals surface area contributed by atoms with E-state index < -0.39 is 0 Å². The van der Waals surface area contributed by atoms with Gasteiger partial charge in [0.15, 0.2) is 5.82 Å². The summed E-state index contributed by atoms with van der Waals surface area (Å²) in [6.45, 7) is 4.02. The van der Waals surface area contributed by atoms with Gasteiger partial charge in [-0.1, -0.05) is 18.2 Å². The van der Waals surface area contributed by atoms with Gasteiger partial charge >= 0.3 is 0 Å². The Bertz CT molecular complexity index is 942. The monoisotopic (exact) mass is 380 g/mol. The molecule has 0 saturated carbocycles. The van der Waals surface area contributed by atoms with E-state index in [1.54, 1.807) is 19.8 Å². The average Bonchev–Trinajstić information content (AvgIpc) is 3.09. The third kappa shape index (κ3) is 3.82. The second-order valence-electron chi connectivity index (χ2n) is 6.82. The van der Waals surface area contributed by atoms with Crippen molar-refractivity contribution in [1.82, 2.24) is 24.7 Å².